The van der Waals surface area contributed by atoms with Crippen LogP contribution in [0.3, 0.4) is 0 Å². The van der Waals surface area contributed by atoms with Crippen molar-refractivity contribution in [3.05, 3.63) is 74.1 Å². The quantitative estimate of drug-likeness (QED) is 0.275. The van der Waals surface area contributed by atoms with Crippen LogP contribution in [0.2, 0.25) is 5.02 Å². The summed E-state index contributed by atoms with van der Waals surface area (Å²) in [4.78, 5) is 35.1. The zero-order valence-electron chi connectivity index (χ0n) is 15.2. The number of ketones is 1. The van der Waals surface area contributed by atoms with Crippen molar-refractivity contribution in [3.8, 4) is 5.69 Å². The molecule has 0 atom stereocenters. The number of hydrogen-bond acceptors (Lipinski definition) is 5. The Morgan fingerprint density at radius 2 is 2.00 bits per heavy atom. The molecule has 4 rings (SSSR count). The van der Waals surface area contributed by atoms with Crippen molar-refractivity contribution in [1.82, 2.24) is 14.5 Å². The van der Waals surface area contributed by atoms with Crippen LogP contribution in [0.4, 0.5) is 0 Å². The average molecular weight is 430 g/mol. The van der Waals surface area contributed by atoms with E-state index in [9.17, 15) is 9.59 Å². The van der Waals surface area contributed by atoms with Crippen molar-refractivity contribution in [1.29, 1.82) is 0 Å². The van der Waals surface area contributed by atoms with Crippen molar-refractivity contribution in [2.75, 3.05) is 5.75 Å². The third-order valence-corrected chi connectivity index (χ3v) is 6.78. The van der Waals surface area contributed by atoms with E-state index in [2.05, 4.69) is 4.98 Å². The summed E-state index contributed by atoms with van der Waals surface area (Å²) in [5.41, 5.74) is 2.02. The Balaban J connectivity index is 1.83. The Labute approximate surface area is 174 Å². The molecule has 8 heteroatoms. The molecule has 0 saturated heterocycles. The van der Waals surface area contributed by atoms with Crippen LogP contribution in [0.1, 0.15) is 20.9 Å². The fourth-order valence-corrected chi connectivity index (χ4v) is 4.99. The predicted octanol–water partition coefficient (Wildman–Crippen LogP) is 5.02. The monoisotopic (exact) mass is 429 g/mol. The maximum absolute atomic E-state index is 13.3. The van der Waals surface area contributed by atoms with E-state index in [-0.39, 0.29) is 17.1 Å². The van der Waals surface area contributed by atoms with Gasteiger partial charge in [-0.05, 0) is 55.8 Å². The Morgan fingerprint density at radius 3 is 2.68 bits per heavy atom. The fourth-order valence-electron chi connectivity index (χ4n) is 2.90. The zero-order chi connectivity index (χ0) is 19.8. The molecule has 4 aromatic rings. The molecule has 0 aliphatic heterocycles. The molecule has 0 saturated carbocycles. The summed E-state index contributed by atoms with van der Waals surface area (Å²) >= 11 is 8.76. The number of carbonyl (C=O) groups excluding carboxylic acids is 1. The third-order valence-electron chi connectivity index (χ3n) is 4.49. The van der Waals surface area contributed by atoms with E-state index >= 15 is 0 Å². The van der Waals surface area contributed by atoms with Crippen LogP contribution in [-0.2, 0) is 0 Å². The predicted molar refractivity (Wildman–Crippen MR) is 116 cm³/mol. The van der Waals surface area contributed by atoms with Crippen LogP contribution in [-0.4, -0.2) is 26.1 Å². The van der Waals surface area contributed by atoms with Crippen LogP contribution < -0.4 is 5.56 Å². The second kappa shape index (κ2) is 7.58. The lowest BCUT2D eigenvalue weighted by molar-refractivity contribution is 0.101. The Hall–Kier alpha value is -2.35. The Bertz CT molecular complexity index is 1230. The molecule has 5 nitrogen and oxygen atoms in total. The molecule has 0 aliphatic rings. The molecule has 0 aliphatic carbocycles. The van der Waals surface area contributed by atoms with Gasteiger partial charge < -0.3 is 4.98 Å². The maximum atomic E-state index is 13.3. The van der Waals surface area contributed by atoms with Gasteiger partial charge in [0.25, 0.3) is 5.56 Å². The van der Waals surface area contributed by atoms with Crippen LogP contribution in [0, 0.1) is 13.8 Å². The molecule has 0 fully saturated rings. The van der Waals surface area contributed by atoms with Gasteiger partial charge in [-0.1, -0.05) is 23.4 Å². The van der Waals surface area contributed by atoms with Crippen LogP contribution in [0.25, 0.3) is 15.9 Å². The first-order valence-electron chi connectivity index (χ1n) is 8.54. The molecular formula is C20H16ClN3O2S2. The molecule has 28 heavy (non-hydrogen) atoms. The summed E-state index contributed by atoms with van der Waals surface area (Å²) in [6, 6.07) is 10.5. The average Bonchev–Trinajstić information content (AvgIpc) is 3.30. The highest BCUT2D eigenvalue weighted by Gasteiger charge is 2.19. The number of nitrogens with one attached hydrogen (secondary N) is 1. The number of halogens is 1. The Morgan fingerprint density at radius 1 is 1.25 bits per heavy atom. The smallest absolute Gasteiger partial charge is 0.267 e. The number of thiophene rings is 1. The molecule has 0 amide bonds. The number of aromatic nitrogens is 3. The van der Waals surface area contributed by atoms with Gasteiger partial charge in [0.15, 0.2) is 10.9 Å². The number of aryl methyl sites for hydroxylation is 2. The molecule has 0 unspecified atom stereocenters. The van der Waals surface area contributed by atoms with Gasteiger partial charge in [-0.2, -0.15) is 0 Å². The van der Waals surface area contributed by atoms with Crippen LogP contribution >= 0.6 is 34.7 Å². The van der Waals surface area contributed by atoms with Gasteiger partial charge in [-0.15, -0.1) is 11.3 Å². The number of fused-ring (bicyclic) bond motifs is 1. The fraction of sp³-hybridized carbons (Fsp3) is 0.150. The number of rotatable bonds is 5. The number of benzene rings is 1. The van der Waals surface area contributed by atoms with E-state index in [1.807, 2.05) is 13.8 Å². The summed E-state index contributed by atoms with van der Waals surface area (Å²) in [5.74, 6) is 0.126. The SMILES string of the molecule is Cc1sc2nc(SCC(=O)c3ccc[nH]3)n(-c3ccc(Cl)cc3)c(=O)c2c1C. The first kappa shape index (κ1) is 19.0. The van der Waals surface area contributed by atoms with Crippen molar-refractivity contribution in [3.63, 3.8) is 0 Å². The maximum Gasteiger partial charge on any atom is 0.267 e. The minimum Gasteiger partial charge on any atom is -0.359 e. The molecule has 0 spiro atoms. The normalized spacial score (nSPS) is 11.2. The second-order valence-corrected chi connectivity index (χ2v) is 8.85. The number of H-pyrrole nitrogens is 1. The minimum absolute atomic E-state index is 0.0504. The summed E-state index contributed by atoms with van der Waals surface area (Å²) < 4.78 is 1.56. The summed E-state index contributed by atoms with van der Waals surface area (Å²) in [6.45, 7) is 3.92. The Kier molecular flexibility index (Phi) is 5.14. The van der Waals surface area contributed by atoms with Gasteiger partial charge in [0.2, 0.25) is 0 Å². The number of nitrogens with zero attached hydrogens (tertiary/aromatic N) is 2. The molecule has 0 bridgehead atoms. The first-order valence-corrected chi connectivity index (χ1v) is 10.7. The molecule has 3 aromatic heterocycles. The summed E-state index contributed by atoms with van der Waals surface area (Å²) in [5, 5.41) is 1.70. The summed E-state index contributed by atoms with van der Waals surface area (Å²) in [6.07, 6.45) is 1.71. The standard InChI is InChI=1S/C20H16ClN3O2S2/c1-11-12(2)28-18-17(11)19(26)24(14-7-5-13(21)6-8-14)20(23-18)27-10-16(25)15-4-3-9-22-15/h3-9,22H,10H2,1-2H3. The van der Waals surface area contributed by atoms with Gasteiger partial charge >= 0.3 is 0 Å². The molecular weight excluding hydrogens is 414 g/mol. The number of carbonyl (C=O) groups is 1. The number of aromatic amines is 1. The number of hydrogen-bond donors (Lipinski definition) is 1. The number of Topliss-reactive ketones (excluding diaryl/α,β-unsaturated/α-hetero) is 1. The zero-order valence-corrected chi connectivity index (χ0v) is 17.5. The van der Waals surface area contributed by atoms with Crippen molar-refractivity contribution in [2.24, 2.45) is 0 Å². The van der Waals surface area contributed by atoms with E-state index in [0.717, 1.165) is 10.4 Å². The minimum atomic E-state index is -0.135. The van der Waals surface area contributed by atoms with E-state index in [4.69, 9.17) is 16.6 Å². The topological polar surface area (TPSA) is 67.8 Å². The highest BCUT2D eigenvalue weighted by molar-refractivity contribution is 7.99. The van der Waals surface area contributed by atoms with Gasteiger partial charge in [-0.3, -0.25) is 14.2 Å². The van der Waals surface area contributed by atoms with E-state index in [1.165, 1.54) is 23.1 Å². The second-order valence-electron chi connectivity index (χ2n) is 6.27. The molecule has 1 aromatic carbocycles. The van der Waals surface area contributed by atoms with E-state index in [0.29, 0.717) is 31.8 Å². The lowest BCUT2D eigenvalue weighted by Crippen LogP contribution is -2.22. The molecule has 1 N–H and O–H groups in total. The van der Waals surface area contributed by atoms with E-state index in [1.54, 1.807) is 47.2 Å². The van der Waals surface area contributed by atoms with Crippen molar-refractivity contribution >= 4 is 50.7 Å². The molecule has 142 valence electrons. The first-order chi connectivity index (χ1) is 13.5. The summed E-state index contributed by atoms with van der Waals surface area (Å²) in [7, 11) is 0. The largest absolute Gasteiger partial charge is 0.359 e. The van der Waals surface area contributed by atoms with Gasteiger partial charge in [0, 0.05) is 16.1 Å². The lowest BCUT2D eigenvalue weighted by Gasteiger charge is -2.12. The van der Waals surface area contributed by atoms with Crippen molar-refractivity contribution in [2.45, 2.75) is 19.0 Å². The van der Waals surface area contributed by atoms with Crippen LogP contribution in [0.15, 0.2) is 52.5 Å². The molecule has 0 radical (unpaired) electrons. The highest BCUT2D eigenvalue weighted by atomic mass is 35.5. The van der Waals surface area contributed by atoms with Gasteiger partial charge in [-0.25, -0.2) is 4.98 Å². The van der Waals surface area contributed by atoms with E-state index < -0.39 is 0 Å². The van der Waals surface area contributed by atoms with Crippen molar-refractivity contribution < 1.29 is 4.79 Å². The van der Waals surface area contributed by atoms with Crippen LogP contribution in [0.5, 0.6) is 0 Å². The van der Waals surface area contributed by atoms with Gasteiger partial charge in [0.1, 0.15) is 4.83 Å². The lowest BCUT2D eigenvalue weighted by atomic mass is 10.2. The molecule has 3 heterocycles. The highest BCUT2D eigenvalue weighted by Crippen LogP contribution is 2.30. The van der Waals surface area contributed by atoms with Gasteiger partial charge in [0.05, 0.1) is 22.5 Å². The number of thioether (sulfide) groups is 1. The third kappa shape index (κ3) is 3.41.